The van der Waals surface area contributed by atoms with Crippen LogP contribution in [-0.4, -0.2) is 13.0 Å². The van der Waals surface area contributed by atoms with E-state index in [1.807, 2.05) is 12.2 Å². The van der Waals surface area contributed by atoms with Crippen molar-refractivity contribution in [2.45, 2.75) is 18.1 Å². The molecule has 11 heavy (non-hydrogen) atoms. The summed E-state index contributed by atoms with van der Waals surface area (Å²) < 4.78 is 0. The van der Waals surface area contributed by atoms with E-state index in [1.165, 1.54) is 6.42 Å². The molecule has 1 aliphatic heterocycles. The molecule has 0 aliphatic carbocycles. The zero-order valence-corrected chi connectivity index (χ0v) is 7.63. The minimum Gasteiger partial charge on any atom is -0.179 e. The van der Waals surface area contributed by atoms with Crippen LogP contribution in [0.2, 0.25) is 11.6 Å². The van der Waals surface area contributed by atoms with Gasteiger partial charge in [-0.1, -0.05) is 24.4 Å². The van der Waals surface area contributed by atoms with Gasteiger partial charge in [0.15, 0.2) is 0 Å². The van der Waals surface area contributed by atoms with E-state index < -0.39 is 0 Å². The van der Waals surface area contributed by atoms with E-state index in [4.69, 9.17) is 0 Å². The zero-order chi connectivity index (χ0) is 8.27. The fourth-order valence-corrected chi connectivity index (χ4v) is 2.06. The Balaban J connectivity index is 2.53. The predicted molar refractivity (Wildman–Crippen MR) is 55.6 cm³/mol. The largest absolute Gasteiger partial charge is 0.179 e. The first kappa shape index (κ1) is 8.99. The molecule has 1 radical (unpaired) electrons. The lowest BCUT2D eigenvalue weighted by Gasteiger charge is -2.11. The Bertz CT molecular complexity index is 156. The van der Waals surface area contributed by atoms with Gasteiger partial charge in [-0.3, -0.25) is 0 Å². The van der Waals surface area contributed by atoms with Crippen LogP contribution in [-0.2, 0) is 0 Å². The van der Waals surface area contributed by atoms with Crippen LogP contribution in [0.15, 0.2) is 25.3 Å². The van der Waals surface area contributed by atoms with Gasteiger partial charge >= 0.3 is 0 Å². The third kappa shape index (κ3) is 1.93. The van der Waals surface area contributed by atoms with Gasteiger partial charge in [0.25, 0.3) is 0 Å². The van der Waals surface area contributed by atoms with E-state index in [0.29, 0.717) is 17.6 Å². The first-order valence-electron chi connectivity index (χ1n) is 4.02. The van der Waals surface area contributed by atoms with Crippen LogP contribution in [0.4, 0.5) is 0 Å². The minimum atomic E-state index is 0.551. The summed E-state index contributed by atoms with van der Waals surface area (Å²) in [6, 6.07) is 0. The molecule has 1 rings (SSSR count). The molecule has 3 unspecified atom stereocenters. The van der Waals surface area contributed by atoms with Crippen molar-refractivity contribution in [3.8, 4) is 0 Å². The minimum absolute atomic E-state index is 0.551. The summed E-state index contributed by atoms with van der Waals surface area (Å²) in [4.78, 5) is 0. The van der Waals surface area contributed by atoms with Crippen LogP contribution < -0.4 is 0 Å². The van der Waals surface area contributed by atoms with Crippen molar-refractivity contribution in [3.05, 3.63) is 25.3 Å². The Morgan fingerprint density at radius 2 is 2.18 bits per heavy atom. The first-order valence-corrected chi connectivity index (χ1v) is 4.66. The van der Waals surface area contributed by atoms with Gasteiger partial charge in [0.2, 0.25) is 0 Å². The van der Waals surface area contributed by atoms with Crippen LogP contribution in [0.3, 0.4) is 0 Å². The molecule has 0 nitrogen and oxygen atoms in total. The van der Waals surface area contributed by atoms with Crippen molar-refractivity contribution in [1.29, 1.82) is 0 Å². The molecule has 3 atom stereocenters. The summed E-state index contributed by atoms with van der Waals surface area (Å²) in [7, 11) is 2.32. The number of rotatable bonds is 3. The van der Waals surface area contributed by atoms with Crippen molar-refractivity contribution < 1.29 is 0 Å². The lowest BCUT2D eigenvalue weighted by molar-refractivity contribution is 0.600. The van der Waals surface area contributed by atoms with Gasteiger partial charge in [-0.25, -0.2) is 0 Å². The summed E-state index contributed by atoms with van der Waals surface area (Å²) in [5, 5.41) is 0. The highest BCUT2D eigenvalue weighted by Crippen LogP contribution is 2.39. The fourth-order valence-electron chi connectivity index (χ4n) is 1.67. The molecular formula is C9H14BS. The van der Waals surface area contributed by atoms with Gasteiger partial charge < -0.3 is 0 Å². The van der Waals surface area contributed by atoms with Crippen molar-refractivity contribution in [2.24, 2.45) is 5.92 Å². The van der Waals surface area contributed by atoms with E-state index in [9.17, 15) is 0 Å². The van der Waals surface area contributed by atoms with Gasteiger partial charge in [-0.2, -0.15) is 12.6 Å². The van der Waals surface area contributed by atoms with Gasteiger partial charge in [0.05, 0.1) is 0 Å². The molecule has 1 saturated heterocycles. The van der Waals surface area contributed by atoms with Gasteiger partial charge in [0.1, 0.15) is 7.28 Å². The molecule has 59 valence electrons. The predicted octanol–water partition coefficient (Wildman–Crippen LogP) is 2.59. The van der Waals surface area contributed by atoms with E-state index in [0.717, 1.165) is 5.75 Å². The van der Waals surface area contributed by atoms with Gasteiger partial charge in [-0.15, -0.1) is 13.2 Å². The Morgan fingerprint density at radius 3 is 2.55 bits per heavy atom. The van der Waals surface area contributed by atoms with Crippen LogP contribution in [0, 0.1) is 5.92 Å². The second kappa shape index (κ2) is 4.05. The highest BCUT2D eigenvalue weighted by Gasteiger charge is 2.30. The number of hydrogen-bond acceptors (Lipinski definition) is 1. The lowest BCUT2D eigenvalue weighted by atomic mass is 9.60. The molecule has 1 aliphatic rings. The van der Waals surface area contributed by atoms with E-state index in [-0.39, 0.29) is 0 Å². The summed E-state index contributed by atoms with van der Waals surface area (Å²) >= 11 is 4.31. The molecule has 0 aromatic rings. The average molecular weight is 165 g/mol. The molecule has 1 fully saturated rings. The van der Waals surface area contributed by atoms with Crippen molar-refractivity contribution >= 4 is 19.9 Å². The molecule has 0 bridgehead atoms. The average Bonchev–Trinajstić information content (AvgIpc) is 2.46. The summed E-state index contributed by atoms with van der Waals surface area (Å²) in [5.41, 5.74) is 0. The number of hydrogen-bond donors (Lipinski definition) is 1. The highest BCUT2D eigenvalue weighted by molar-refractivity contribution is 7.80. The molecule has 0 N–H and O–H groups in total. The Kier molecular flexibility index (Phi) is 3.31. The van der Waals surface area contributed by atoms with Crippen molar-refractivity contribution in [3.63, 3.8) is 0 Å². The Labute approximate surface area is 75.4 Å². The second-order valence-electron chi connectivity index (χ2n) is 3.08. The van der Waals surface area contributed by atoms with Crippen LogP contribution in [0.5, 0.6) is 0 Å². The maximum absolute atomic E-state index is 4.31. The normalized spacial score (nSPS) is 36.3. The third-order valence-electron chi connectivity index (χ3n) is 2.40. The zero-order valence-electron chi connectivity index (χ0n) is 6.74. The smallest absolute Gasteiger partial charge is 0.128 e. The summed E-state index contributed by atoms with van der Waals surface area (Å²) in [5.74, 6) is 2.77. The number of thiol groups is 1. The number of allylic oxidation sites excluding steroid dienone is 2. The topological polar surface area (TPSA) is 0 Å². The van der Waals surface area contributed by atoms with Crippen LogP contribution in [0.25, 0.3) is 0 Å². The maximum Gasteiger partial charge on any atom is 0.128 e. The molecule has 0 amide bonds. The molecule has 0 saturated carbocycles. The van der Waals surface area contributed by atoms with Gasteiger partial charge in [0, 0.05) is 0 Å². The molecule has 2 heteroatoms. The second-order valence-corrected chi connectivity index (χ2v) is 3.45. The Morgan fingerprint density at radius 1 is 1.45 bits per heavy atom. The van der Waals surface area contributed by atoms with Crippen molar-refractivity contribution in [1.82, 2.24) is 0 Å². The van der Waals surface area contributed by atoms with E-state index >= 15 is 0 Å². The molecule has 1 heterocycles. The van der Waals surface area contributed by atoms with Crippen molar-refractivity contribution in [2.75, 3.05) is 5.75 Å². The molecule has 0 aromatic heterocycles. The SMILES string of the molecule is C=CC1[B]C(C=C)C(CS)C1. The highest BCUT2D eigenvalue weighted by atomic mass is 32.1. The van der Waals surface area contributed by atoms with Gasteiger partial charge in [-0.05, 0) is 17.5 Å². The van der Waals surface area contributed by atoms with Crippen LogP contribution in [0.1, 0.15) is 6.42 Å². The third-order valence-corrected chi connectivity index (χ3v) is 2.87. The quantitative estimate of drug-likeness (QED) is 0.371. The molecule has 0 spiro atoms. The molecular weight excluding hydrogens is 151 g/mol. The van der Waals surface area contributed by atoms with E-state index in [2.05, 4.69) is 33.1 Å². The van der Waals surface area contributed by atoms with E-state index in [1.54, 1.807) is 0 Å². The maximum atomic E-state index is 4.31. The standard InChI is InChI=1S/C9H14BS/c1-3-8-5-7(6-11)9(4-2)10-8/h3-4,7-9,11H,1-2,5-6H2. The molecule has 0 aromatic carbocycles. The van der Waals surface area contributed by atoms with Crippen LogP contribution >= 0.6 is 12.6 Å². The first-order chi connectivity index (χ1) is 5.31. The monoisotopic (exact) mass is 165 g/mol. The lowest BCUT2D eigenvalue weighted by Crippen LogP contribution is -2.04. The summed E-state index contributed by atoms with van der Waals surface area (Å²) in [6.07, 6.45) is 5.23. The summed E-state index contributed by atoms with van der Waals surface area (Å²) in [6.45, 7) is 7.60. The Hall–Kier alpha value is -0.105. The fraction of sp³-hybridized carbons (Fsp3) is 0.556.